The maximum absolute atomic E-state index is 12.4. The summed E-state index contributed by atoms with van der Waals surface area (Å²) < 4.78 is 0. The number of Topliss-reactive ketones (excluding diaryl/α,β-unsaturated/α-hetero) is 1. The summed E-state index contributed by atoms with van der Waals surface area (Å²) in [5, 5.41) is 33.9. The van der Waals surface area contributed by atoms with Gasteiger partial charge in [-0.15, -0.1) is 0 Å². The number of anilines is 1. The van der Waals surface area contributed by atoms with Crippen LogP contribution in [-0.4, -0.2) is 26.8 Å². The summed E-state index contributed by atoms with van der Waals surface area (Å²) >= 11 is 0. The van der Waals surface area contributed by atoms with E-state index in [4.69, 9.17) is 0 Å². The van der Waals surface area contributed by atoms with Crippen LogP contribution in [0.25, 0.3) is 0 Å². The smallest absolute Gasteiger partial charge is 0.239 e. The minimum absolute atomic E-state index is 0.0100. The minimum Gasteiger partial charge on any atom is -0.508 e. The maximum Gasteiger partial charge on any atom is 0.239 e. The zero-order valence-electron chi connectivity index (χ0n) is 10.3. The number of phenols is 1. The summed E-state index contributed by atoms with van der Waals surface area (Å²) in [4.78, 5) is 12.4. The lowest BCUT2D eigenvalue weighted by molar-refractivity contribution is -0.0716. The van der Waals surface area contributed by atoms with Crippen LogP contribution in [0.1, 0.15) is 21.5 Å². The van der Waals surface area contributed by atoms with Crippen LogP contribution in [0.5, 0.6) is 5.75 Å². The lowest BCUT2D eigenvalue weighted by Crippen LogP contribution is -2.54. The molecule has 0 bridgehead atoms. The fourth-order valence-corrected chi connectivity index (χ4v) is 3.18. The molecule has 0 radical (unpaired) electrons. The van der Waals surface area contributed by atoms with Crippen LogP contribution in [0, 0.1) is 0 Å². The van der Waals surface area contributed by atoms with Crippen LogP contribution in [0.15, 0.2) is 42.5 Å². The molecule has 0 spiro atoms. The molecule has 1 aliphatic heterocycles. The van der Waals surface area contributed by atoms with Gasteiger partial charge < -0.3 is 20.6 Å². The Bertz CT molecular complexity index is 772. The van der Waals surface area contributed by atoms with E-state index in [2.05, 4.69) is 5.32 Å². The summed E-state index contributed by atoms with van der Waals surface area (Å²) in [7, 11) is 0. The first-order valence-corrected chi connectivity index (χ1v) is 6.19. The third-order valence-corrected chi connectivity index (χ3v) is 4.12. The summed E-state index contributed by atoms with van der Waals surface area (Å²) in [6.45, 7) is 0. The Morgan fingerprint density at radius 3 is 2.55 bits per heavy atom. The van der Waals surface area contributed by atoms with E-state index < -0.39 is 17.1 Å². The standard InChI is InChI=1S/C15H11NO4/c17-8-5-6-11-12(7-8)16-15(20)13(18)9-3-1-2-4-10(9)14(11,15)19/h1-7,16-17,19-20H. The molecule has 0 aromatic heterocycles. The van der Waals surface area contributed by atoms with Gasteiger partial charge in [-0.3, -0.25) is 4.79 Å². The van der Waals surface area contributed by atoms with Crippen molar-refractivity contribution in [3.05, 3.63) is 59.2 Å². The van der Waals surface area contributed by atoms with Crippen molar-refractivity contribution >= 4 is 11.5 Å². The van der Waals surface area contributed by atoms with Crippen molar-refractivity contribution in [1.29, 1.82) is 0 Å². The Labute approximate surface area is 114 Å². The Kier molecular flexibility index (Phi) is 1.83. The van der Waals surface area contributed by atoms with E-state index in [9.17, 15) is 20.1 Å². The van der Waals surface area contributed by atoms with Gasteiger partial charge in [-0.2, -0.15) is 0 Å². The average Bonchev–Trinajstić information content (AvgIpc) is 2.76. The minimum atomic E-state index is -2.13. The number of aromatic hydroxyl groups is 1. The molecule has 100 valence electrons. The second-order valence-electron chi connectivity index (χ2n) is 5.15. The van der Waals surface area contributed by atoms with Crippen LogP contribution in [0.4, 0.5) is 5.69 Å². The summed E-state index contributed by atoms with van der Waals surface area (Å²) in [5.74, 6) is -0.588. The quantitative estimate of drug-likeness (QED) is 0.571. The first kappa shape index (κ1) is 11.5. The van der Waals surface area contributed by atoms with Crippen molar-refractivity contribution in [3.63, 3.8) is 0 Å². The highest BCUT2D eigenvalue weighted by atomic mass is 16.4. The van der Waals surface area contributed by atoms with E-state index in [0.717, 1.165) is 0 Å². The molecule has 4 rings (SSSR count). The lowest BCUT2D eigenvalue weighted by atomic mass is 9.85. The van der Waals surface area contributed by atoms with Gasteiger partial charge in [0, 0.05) is 28.4 Å². The molecule has 4 N–H and O–H groups in total. The van der Waals surface area contributed by atoms with Gasteiger partial charge in [0.05, 0.1) is 0 Å². The van der Waals surface area contributed by atoms with E-state index >= 15 is 0 Å². The molecule has 1 aliphatic carbocycles. The number of benzene rings is 2. The van der Waals surface area contributed by atoms with Gasteiger partial charge in [0.2, 0.25) is 11.5 Å². The first-order valence-electron chi connectivity index (χ1n) is 6.19. The lowest BCUT2D eigenvalue weighted by Gasteiger charge is -2.30. The number of hydrogen-bond donors (Lipinski definition) is 4. The van der Waals surface area contributed by atoms with Gasteiger partial charge in [-0.05, 0) is 12.1 Å². The molecule has 5 heteroatoms. The third-order valence-electron chi connectivity index (χ3n) is 4.12. The number of fused-ring (bicyclic) bond motifs is 5. The molecular formula is C15H11NO4. The van der Waals surface area contributed by atoms with Gasteiger partial charge in [-0.1, -0.05) is 24.3 Å². The maximum atomic E-state index is 12.4. The van der Waals surface area contributed by atoms with E-state index in [1.54, 1.807) is 24.3 Å². The van der Waals surface area contributed by atoms with E-state index in [1.807, 2.05) is 0 Å². The Morgan fingerprint density at radius 1 is 1.00 bits per heavy atom. The number of hydrogen-bond acceptors (Lipinski definition) is 5. The third kappa shape index (κ3) is 1.01. The fraction of sp³-hybridized carbons (Fsp3) is 0.133. The highest BCUT2D eigenvalue weighted by molar-refractivity contribution is 6.12. The molecule has 0 amide bonds. The molecule has 2 atom stereocenters. The summed E-state index contributed by atoms with van der Waals surface area (Å²) in [5.41, 5.74) is -2.60. The highest BCUT2D eigenvalue weighted by Gasteiger charge is 2.67. The van der Waals surface area contributed by atoms with Gasteiger partial charge in [0.1, 0.15) is 5.75 Å². The number of carbonyl (C=O) groups excluding carboxylic acids is 1. The molecule has 2 aromatic rings. The van der Waals surface area contributed by atoms with Crippen molar-refractivity contribution in [1.82, 2.24) is 0 Å². The number of aliphatic hydroxyl groups is 2. The van der Waals surface area contributed by atoms with Crippen LogP contribution >= 0.6 is 0 Å². The van der Waals surface area contributed by atoms with Gasteiger partial charge in [0.15, 0.2) is 5.60 Å². The zero-order valence-corrected chi connectivity index (χ0v) is 10.3. The second kappa shape index (κ2) is 3.20. The molecule has 0 fully saturated rings. The Balaban J connectivity index is 2.09. The first-order chi connectivity index (χ1) is 9.48. The number of ketones is 1. The van der Waals surface area contributed by atoms with Gasteiger partial charge >= 0.3 is 0 Å². The molecule has 1 heterocycles. The summed E-state index contributed by atoms with van der Waals surface area (Å²) in [6, 6.07) is 10.9. The van der Waals surface area contributed by atoms with Crippen LogP contribution in [0.3, 0.4) is 0 Å². The Morgan fingerprint density at radius 2 is 1.75 bits per heavy atom. The van der Waals surface area contributed by atoms with Crippen molar-refractivity contribution < 1.29 is 20.1 Å². The number of phenolic OH excluding ortho intramolecular Hbond substituents is 1. The highest BCUT2D eigenvalue weighted by Crippen LogP contribution is 2.55. The summed E-state index contributed by atoms with van der Waals surface area (Å²) in [6.07, 6.45) is 0. The van der Waals surface area contributed by atoms with Crippen molar-refractivity contribution in [3.8, 4) is 5.75 Å². The molecule has 20 heavy (non-hydrogen) atoms. The van der Waals surface area contributed by atoms with E-state index in [-0.39, 0.29) is 5.75 Å². The number of carbonyl (C=O) groups is 1. The molecular weight excluding hydrogens is 258 g/mol. The van der Waals surface area contributed by atoms with Gasteiger partial charge in [0.25, 0.3) is 0 Å². The SMILES string of the molecule is O=C1c2ccccc2C2(O)c3ccc(O)cc3NC12O. The molecule has 0 saturated carbocycles. The molecule has 2 unspecified atom stereocenters. The van der Waals surface area contributed by atoms with Crippen LogP contribution in [-0.2, 0) is 5.60 Å². The molecule has 5 nitrogen and oxygen atoms in total. The van der Waals surface area contributed by atoms with Crippen molar-refractivity contribution in [2.24, 2.45) is 0 Å². The largest absolute Gasteiger partial charge is 0.508 e. The van der Waals surface area contributed by atoms with Crippen molar-refractivity contribution in [2.75, 3.05) is 5.32 Å². The number of nitrogens with one attached hydrogen (secondary N) is 1. The normalized spacial score (nSPS) is 29.6. The molecule has 0 saturated heterocycles. The van der Waals surface area contributed by atoms with Gasteiger partial charge in [-0.25, -0.2) is 0 Å². The topological polar surface area (TPSA) is 89.8 Å². The van der Waals surface area contributed by atoms with Crippen LogP contribution < -0.4 is 5.32 Å². The van der Waals surface area contributed by atoms with Crippen LogP contribution in [0.2, 0.25) is 0 Å². The monoisotopic (exact) mass is 269 g/mol. The predicted octanol–water partition coefficient (Wildman–Crippen LogP) is 0.938. The molecule has 2 aromatic carbocycles. The van der Waals surface area contributed by atoms with Crippen molar-refractivity contribution in [2.45, 2.75) is 11.3 Å². The Hall–Kier alpha value is -2.37. The zero-order chi connectivity index (χ0) is 14.1. The average molecular weight is 269 g/mol. The van der Waals surface area contributed by atoms with E-state index in [1.165, 1.54) is 18.2 Å². The van der Waals surface area contributed by atoms with E-state index in [0.29, 0.717) is 22.4 Å². The number of rotatable bonds is 0. The second-order valence-corrected chi connectivity index (χ2v) is 5.15. The molecule has 2 aliphatic rings. The predicted molar refractivity (Wildman–Crippen MR) is 70.5 cm³/mol. The fourth-order valence-electron chi connectivity index (χ4n) is 3.18.